The topological polar surface area (TPSA) is 35.5 Å². The highest BCUT2D eigenvalue weighted by molar-refractivity contribution is 7.98. The number of hydrogen-bond donors (Lipinski definition) is 0. The Kier molecular flexibility index (Phi) is 5.77. The first-order chi connectivity index (χ1) is 9.70. The van der Waals surface area contributed by atoms with Crippen LogP contribution in [0.25, 0.3) is 0 Å². The Hall–Kier alpha value is -1.16. The minimum absolute atomic E-state index is 0.0112. The van der Waals surface area contributed by atoms with Crippen molar-refractivity contribution in [1.29, 1.82) is 0 Å². The molecule has 0 saturated heterocycles. The van der Waals surface area contributed by atoms with Gasteiger partial charge in [-0.2, -0.15) is 0 Å². The molecule has 3 nitrogen and oxygen atoms in total. The molecule has 0 aromatic heterocycles. The Morgan fingerprint density at radius 2 is 2.15 bits per heavy atom. The van der Waals surface area contributed by atoms with Gasteiger partial charge in [0.15, 0.2) is 0 Å². The fraction of sp³-hybridized carbons (Fsp3) is 0.562. The Bertz CT molecular complexity index is 447. The summed E-state index contributed by atoms with van der Waals surface area (Å²) < 4.78 is 11.2. The summed E-state index contributed by atoms with van der Waals surface area (Å²) in [5.41, 5.74) is 1.22. The molecule has 110 valence electrons. The molecule has 0 aliphatic heterocycles. The molecule has 2 atom stereocenters. The van der Waals surface area contributed by atoms with Gasteiger partial charge in [0.05, 0.1) is 0 Å². The molecule has 1 aromatic carbocycles. The van der Waals surface area contributed by atoms with E-state index in [0.29, 0.717) is 11.9 Å². The summed E-state index contributed by atoms with van der Waals surface area (Å²) in [6.45, 7) is 1.49. The Morgan fingerprint density at radius 3 is 2.90 bits per heavy atom. The SMILES string of the molecule is CSCOc1cccc(C2CCCCC2OC(C)=O)c1. The van der Waals surface area contributed by atoms with Gasteiger partial charge in [0.2, 0.25) is 0 Å². The number of thioether (sulfide) groups is 1. The van der Waals surface area contributed by atoms with Gasteiger partial charge in [-0.15, -0.1) is 11.8 Å². The lowest BCUT2D eigenvalue weighted by Crippen LogP contribution is -2.27. The lowest BCUT2D eigenvalue weighted by atomic mass is 9.81. The number of carbonyl (C=O) groups is 1. The van der Waals surface area contributed by atoms with Crippen LogP contribution in [0.5, 0.6) is 5.75 Å². The molecule has 1 fully saturated rings. The third-order valence-corrected chi connectivity index (χ3v) is 4.00. The van der Waals surface area contributed by atoms with Crippen molar-refractivity contribution in [3.63, 3.8) is 0 Å². The molecule has 0 heterocycles. The summed E-state index contributed by atoms with van der Waals surface area (Å²) in [5.74, 6) is 1.66. The number of hydrogen-bond acceptors (Lipinski definition) is 4. The van der Waals surface area contributed by atoms with Crippen LogP contribution in [0.4, 0.5) is 0 Å². The van der Waals surface area contributed by atoms with Crippen molar-refractivity contribution in [1.82, 2.24) is 0 Å². The molecule has 0 radical (unpaired) electrons. The predicted octanol–water partition coefficient (Wildman–Crippen LogP) is 3.98. The summed E-state index contributed by atoms with van der Waals surface area (Å²) in [6.07, 6.45) is 6.39. The van der Waals surface area contributed by atoms with Crippen LogP contribution in [0.15, 0.2) is 24.3 Å². The highest BCUT2D eigenvalue weighted by atomic mass is 32.2. The van der Waals surface area contributed by atoms with Gasteiger partial charge in [0, 0.05) is 12.8 Å². The molecule has 1 saturated carbocycles. The van der Waals surface area contributed by atoms with Gasteiger partial charge in [-0.1, -0.05) is 18.6 Å². The summed E-state index contributed by atoms with van der Waals surface area (Å²) in [5, 5.41) is 0. The quantitative estimate of drug-likeness (QED) is 0.608. The van der Waals surface area contributed by atoms with E-state index in [1.165, 1.54) is 18.9 Å². The van der Waals surface area contributed by atoms with E-state index in [1.54, 1.807) is 11.8 Å². The van der Waals surface area contributed by atoms with Crippen LogP contribution < -0.4 is 4.74 Å². The van der Waals surface area contributed by atoms with Crippen molar-refractivity contribution >= 4 is 17.7 Å². The largest absolute Gasteiger partial charge is 0.483 e. The van der Waals surface area contributed by atoms with Gasteiger partial charge in [0.25, 0.3) is 0 Å². The third kappa shape index (κ3) is 4.17. The Balaban J connectivity index is 2.12. The molecule has 4 heteroatoms. The highest BCUT2D eigenvalue weighted by Crippen LogP contribution is 2.36. The first-order valence-electron chi connectivity index (χ1n) is 7.09. The van der Waals surface area contributed by atoms with Crippen molar-refractivity contribution in [2.24, 2.45) is 0 Å². The van der Waals surface area contributed by atoms with E-state index < -0.39 is 0 Å². The van der Waals surface area contributed by atoms with Crippen LogP contribution in [-0.4, -0.2) is 24.3 Å². The molecule has 0 amide bonds. The van der Waals surface area contributed by atoms with Crippen molar-refractivity contribution in [3.05, 3.63) is 29.8 Å². The molecule has 20 heavy (non-hydrogen) atoms. The number of carbonyl (C=O) groups excluding carboxylic acids is 1. The first-order valence-corrected chi connectivity index (χ1v) is 8.49. The zero-order valence-corrected chi connectivity index (χ0v) is 12.9. The van der Waals surface area contributed by atoms with E-state index >= 15 is 0 Å². The number of benzene rings is 1. The van der Waals surface area contributed by atoms with E-state index in [2.05, 4.69) is 12.1 Å². The van der Waals surface area contributed by atoms with Gasteiger partial charge in [-0.05, 0) is 43.2 Å². The molecule has 0 bridgehead atoms. The van der Waals surface area contributed by atoms with E-state index in [-0.39, 0.29) is 12.1 Å². The van der Waals surface area contributed by atoms with E-state index in [9.17, 15) is 4.79 Å². The molecular formula is C16H22O3S. The monoisotopic (exact) mass is 294 g/mol. The fourth-order valence-electron chi connectivity index (χ4n) is 2.79. The molecule has 2 rings (SSSR count). The molecule has 1 aliphatic carbocycles. The molecule has 0 spiro atoms. The Labute approximate surface area is 125 Å². The van der Waals surface area contributed by atoms with Gasteiger partial charge in [-0.25, -0.2) is 0 Å². The normalized spacial score (nSPS) is 22.3. The number of esters is 1. The standard InChI is InChI=1S/C16H22O3S/c1-12(17)19-16-9-4-3-8-15(16)13-6-5-7-14(10-13)18-11-20-2/h5-7,10,15-16H,3-4,8-9,11H2,1-2H3. The second-order valence-corrected chi connectivity index (χ2v) is 5.98. The maximum absolute atomic E-state index is 11.2. The molecule has 0 N–H and O–H groups in total. The minimum Gasteiger partial charge on any atom is -0.483 e. The van der Waals surface area contributed by atoms with E-state index in [4.69, 9.17) is 9.47 Å². The lowest BCUT2D eigenvalue weighted by molar-refractivity contribution is -0.148. The van der Waals surface area contributed by atoms with Crippen molar-refractivity contribution < 1.29 is 14.3 Å². The summed E-state index contributed by atoms with van der Waals surface area (Å²) in [7, 11) is 0. The summed E-state index contributed by atoms with van der Waals surface area (Å²) in [6, 6.07) is 8.19. The molecule has 2 unspecified atom stereocenters. The maximum atomic E-state index is 11.2. The highest BCUT2D eigenvalue weighted by Gasteiger charge is 2.29. The van der Waals surface area contributed by atoms with Crippen LogP contribution in [0.3, 0.4) is 0 Å². The average Bonchev–Trinajstić information content (AvgIpc) is 2.45. The van der Waals surface area contributed by atoms with Crippen LogP contribution >= 0.6 is 11.8 Å². The fourth-order valence-corrected chi connectivity index (χ4v) is 3.05. The molecular weight excluding hydrogens is 272 g/mol. The maximum Gasteiger partial charge on any atom is 0.302 e. The molecule has 1 aromatic rings. The van der Waals surface area contributed by atoms with E-state index in [0.717, 1.165) is 25.0 Å². The number of rotatable bonds is 5. The van der Waals surface area contributed by atoms with Crippen LogP contribution in [0.2, 0.25) is 0 Å². The second kappa shape index (κ2) is 7.58. The van der Waals surface area contributed by atoms with Gasteiger partial charge < -0.3 is 9.47 Å². The van der Waals surface area contributed by atoms with Crippen molar-refractivity contribution in [2.45, 2.75) is 44.6 Å². The van der Waals surface area contributed by atoms with Crippen LogP contribution in [-0.2, 0) is 9.53 Å². The van der Waals surface area contributed by atoms with Gasteiger partial charge >= 0.3 is 5.97 Å². The zero-order valence-electron chi connectivity index (χ0n) is 12.1. The van der Waals surface area contributed by atoms with E-state index in [1.807, 2.05) is 18.4 Å². The third-order valence-electron chi connectivity index (χ3n) is 3.65. The number of ether oxygens (including phenoxy) is 2. The van der Waals surface area contributed by atoms with Gasteiger partial charge in [0.1, 0.15) is 17.8 Å². The smallest absolute Gasteiger partial charge is 0.302 e. The lowest BCUT2D eigenvalue weighted by Gasteiger charge is -2.31. The van der Waals surface area contributed by atoms with Crippen LogP contribution in [0, 0.1) is 0 Å². The van der Waals surface area contributed by atoms with Crippen molar-refractivity contribution in [2.75, 3.05) is 12.2 Å². The van der Waals surface area contributed by atoms with Crippen LogP contribution in [0.1, 0.15) is 44.1 Å². The zero-order chi connectivity index (χ0) is 14.4. The van der Waals surface area contributed by atoms with Crippen molar-refractivity contribution in [3.8, 4) is 5.75 Å². The average molecular weight is 294 g/mol. The predicted molar refractivity (Wildman–Crippen MR) is 82.2 cm³/mol. The second-order valence-electron chi connectivity index (χ2n) is 5.16. The Morgan fingerprint density at radius 1 is 1.35 bits per heavy atom. The summed E-state index contributed by atoms with van der Waals surface area (Å²) in [4.78, 5) is 11.2. The first kappa shape index (κ1) is 15.2. The van der Waals surface area contributed by atoms with Gasteiger partial charge in [-0.3, -0.25) is 4.79 Å². The minimum atomic E-state index is -0.184. The molecule has 1 aliphatic rings. The summed E-state index contributed by atoms with van der Waals surface area (Å²) >= 11 is 1.66.